The lowest BCUT2D eigenvalue weighted by molar-refractivity contribution is -0.125. The number of amides is 1. The van der Waals surface area contributed by atoms with E-state index in [1.54, 1.807) is 0 Å². The van der Waals surface area contributed by atoms with Crippen molar-refractivity contribution in [2.24, 2.45) is 10.8 Å². The van der Waals surface area contributed by atoms with Crippen LogP contribution in [0.15, 0.2) is 30.3 Å². The molecule has 0 atom stereocenters. The number of nitrogens with zero attached hydrogens (tertiary/aromatic N) is 2. The molecule has 2 aliphatic heterocycles. The molecule has 2 heterocycles. The van der Waals surface area contributed by atoms with Crippen molar-refractivity contribution < 1.29 is 4.79 Å². The van der Waals surface area contributed by atoms with Gasteiger partial charge in [-0.25, -0.2) is 0 Å². The first kappa shape index (κ1) is 18.8. The quantitative estimate of drug-likeness (QED) is 0.855. The van der Waals surface area contributed by atoms with Crippen LogP contribution in [0.25, 0.3) is 0 Å². The van der Waals surface area contributed by atoms with E-state index in [1.165, 1.54) is 19.3 Å². The van der Waals surface area contributed by atoms with Crippen molar-refractivity contribution in [3.8, 4) is 0 Å². The molecule has 0 aromatic heterocycles. The molecule has 0 radical (unpaired) electrons. The van der Waals surface area contributed by atoms with Gasteiger partial charge in [0.15, 0.2) is 0 Å². The van der Waals surface area contributed by atoms with Gasteiger partial charge in [0, 0.05) is 24.8 Å². The highest BCUT2D eigenvalue weighted by Gasteiger charge is 2.51. The third-order valence-electron chi connectivity index (χ3n) is 7.08. The number of piperidine rings is 1. The van der Waals surface area contributed by atoms with Crippen LogP contribution in [-0.4, -0.2) is 42.1 Å². The van der Waals surface area contributed by atoms with Crippen molar-refractivity contribution in [2.45, 2.75) is 71.4 Å². The van der Waals surface area contributed by atoms with Gasteiger partial charge < -0.3 is 15.1 Å². The van der Waals surface area contributed by atoms with Crippen molar-refractivity contribution in [3.05, 3.63) is 30.3 Å². The number of hydrogen-bond donors (Lipinski definition) is 1. The maximum Gasteiger partial charge on any atom is 0.247 e. The zero-order valence-electron chi connectivity index (χ0n) is 17.4. The van der Waals surface area contributed by atoms with Crippen molar-refractivity contribution >= 4 is 11.6 Å². The summed E-state index contributed by atoms with van der Waals surface area (Å²) in [6, 6.07) is 11.1. The Balaban J connectivity index is 1.50. The molecule has 3 aliphatic rings. The van der Waals surface area contributed by atoms with E-state index >= 15 is 0 Å². The lowest BCUT2D eigenvalue weighted by atomic mass is 9.63. The highest BCUT2D eigenvalue weighted by Crippen LogP contribution is 2.48. The Morgan fingerprint density at radius 2 is 1.56 bits per heavy atom. The second-order valence-electron chi connectivity index (χ2n) is 10.6. The van der Waals surface area contributed by atoms with Crippen LogP contribution in [0.1, 0.15) is 59.8 Å². The van der Waals surface area contributed by atoms with Gasteiger partial charge in [0.25, 0.3) is 0 Å². The Morgan fingerprint density at radius 3 is 2.15 bits per heavy atom. The zero-order chi connectivity index (χ0) is 19.3. The van der Waals surface area contributed by atoms with Crippen LogP contribution in [0.4, 0.5) is 5.69 Å². The zero-order valence-corrected chi connectivity index (χ0v) is 17.4. The second-order valence-corrected chi connectivity index (χ2v) is 10.6. The smallest absolute Gasteiger partial charge is 0.247 e. The monoisotopic (exact) mass is 369 g/mol. The molecule has 4 heteroatoms. The van der Waals surface area contributed by atoms with Crippen molar-refractivity contribution in [3.63, 3.8) is 0 Å². The Bertz CT molecular complexity index is 673. The van der Waals surface area contributed by atoms with Gasteiger partial charge in [0.1, 0.15) is 5.54 Å². The van der Waals surface area contributed by atoms with Crippen LogP contribution >= 0.6 is 0 Å². The summed E-state index contributed by atoms with van der Waals surface area (Å²) in [4.78, 5) is 17.8. The van der Waals surface area contributed by atoms with Gasteiger partial charge in [-0.2, -0.15) is 0 Å². The molecule has 1 N–H and O–H groups in total. The van der Waals surface area contributed by atoms with E-state index in [9.17, 15) is 4.79 Å². The lowest BCUT2D eigenvalue weighted by Gasteiger charge is -2.51. The summed E-state index contributed by atoms with van der Waals surface area (Å²) in [5.41, 5.74) is 1.60. The fourth-order valence-electron chi connectivity index (χ4n) is 6.34. The van der Waals surface area contributed by atoms with E-state index in [0.717, 1.165) is 31.6 Å². The predicted molar refractivity (Wildman–Crippen MR) is 111 cm³/mol. The number of hydrogen-bond acceptors (Lipinski definition) is 3. The third kappa shape index (κ3) is 3.49. The molecule has 27 heavy (non-hydrogen) atoms. The highest BCUT2D eigenvalue weighted by molar-refractivity contribution is 5.93. The molecular formula is C23H35N3O. The largest absolute Gasteiger partial charge is 0.339 e. The van der Waals surface area contributed by atoms with Gasteiger partial charge in [-0.1, -0.05) is 45.9 Å². The first-order valence-corrected chi connectivity index (χ1v) is 10.6. The van der Waals surface area contributed by atoms with Crippen molar-refractivity contribution in [1.29, 1.82) is 0 Å². The Morgan fingerprint density at radius 1 is 0.963 bits per heavy atom. The topological polar surface area (TPSA) is 35.6 Å². The molecule has 1 saturated carbocycles. The minimum absolute atomic E-state index is 0.218. The number of carbonyl (C=O) groups excluding carboxylic acids is 1. The van der Waals surface area contributed by atoms with Crippen LogP contribution in [0, 0.1) is 10.8 Å². The molecule has 1 aromatic carbocycles. The minimum Gasteiger partial charge on any atom is -0.339 e. The molecule has 0 unspecified atom stereocenters. The molecule has 4 rings (SSSR count). The number of para-hydroxylation sites is 1. The second kappa shape index (κ2) is 6.51. The number of nitrogens with one attached hydrogen (secondary N) is 1. The lowest BCUT2D eigenvalue weighted by Crippen LogP contribution is -2.59. The minimum atomic E-state index is -0.364. The van der Waals surface area contributed by atoms with E-state index in [-0.39, 0.29) is 11.4 Å². The van der Waals surface area contributed by atoms with Crippen molar-refractivity contribution in [1.82, 2.24) is 10.2 Å². The van der Waals surface area contributed by atoms with E-state index in [0.29, 0.717) is 23.5 Å². The summed E-state index contributed by atoms with van der Waals surface area (Å²) >= 11 is 0. The third-order valence-corrected chi connectivity index (χ3v) is 7.08. The SMILES string of the molecule is CC1(C)CC(N2CCC3(CC2)C(=O)NCN3c2ccccc2)CC(C)(C)C1. The number of carbonyl (C=O) groups is 1. The molecule has 0 bridgehead atoms. The van der Waals surface area contributed by atoms with Crippen LogP contribution in [0.2, 0.25) is 0 Å². The number of likely N-dealkylation sites (tertiary alicyclic amines) is 1. The first-order valence-electron chi connectivity index (χ1n) is 10.6. The predicted octanol–water partition coefficient (Wildman–Crippen LogP) is 4.02. The Kier molecular flexibility index (Phi) is 4.53. The maximum atomic E-state index is 12.9. The fraction of sp³-hybridized carbons (Fsp3) is 0.696. The standard InChI is InChI=1S/C23H35N3O/c1-21(2)14-19(15-22(3,4)16-21)25-12-10-23(11-13-25)20(27)24-17-26(23)18-8-6-5-7-9-18/h5-9,19H,10-17H2,1-4H3,(H,24,27). The van der Waals surface area contributed by atoms with E-state index in [4.69, 9.17) is 0 Å². The molecular weight excluding hydrogens is 334 g/mol. The van der Waals surface area contributed by atoms with Crippen molar-refractivity contribution in [2.75, 3.05) is 24.7 Å². The summed E-state index contributed by atoms with van der Waals surface area (Å²) in [5.74, 6) is 0.218. The maximum absolute atomic E-state index is 12.9. The fourth-order valence-corrected chi connectivity index (χ4v) is 6.34. The van der Waals surface area contributed by atoms with Gasteiger partial charge in [0.05, 0.1) is 6.67 Å². The van der Waals surface area contributed by atoms with Gasteiger partial charge in [0.2, 0.25) is 5.91 Å². The molecule has 3 fully saturated rings. The van der Waals surface area contributed by atoms with Gasteiger partial charge in [-0.15, -0.1) is 0 Å². The number of benzene rings is 1. The summed E-state index contributed by atoms with van der Waals surface area (Å²) in [6.07, 6.45) is 5.70. The number of rotatable bonds is 2. The summed E-state index contributed by atoms with van der Waals surface area (Å²) < 4.78 is 0. The van der Waals surface area contributed by atoms with Gasteiger partial charge >= 0.3 is 0 Å². The molecule has 1 amide bonds. The van der Waals surface area contributed by atoms with E-state index in [2.05, 4.69) is 67.1 Å². The normalized spacial score (nSPS) is 27.7. The summed E-state index contributed by atoms with van der Waals surface area (Å²) in [7, 11) is 0. The number of anilines is 1. The Hall–Kier alpha value is -1.55. The van der Waals surface area contributed by atoms with Crippen LogP contribution in [0.5, 0.6) is 0 Å². The average Bonchev–Trinajstić information content (AvgIpc) is 2.90. The van der Waals surface area contributed by atoms with Crippen LogP contribution in [0.3, 0.4) is 0 Å². The molecule has 148 valence electrons. The molecule has 2 saturated heterocycles. The van der Waals surface area contributed by atoms with Gasteiger partial charge in [-0.3, -0.25) is 4.79 Å². The molecule has 4 nitrogen and oxygen atoms in total. The van der Waals surface area contributed by atoms with Gasteiger partial charge in [-0.05, 0) is 55.1 Å². The van der Waals surface area contributed by atoms with Crippen LogP contribution in [-0.2, 0) is 4.79 Å². The average molecular weight is 370 g/mol. The highest BCUT2D eigenvalue weighted by atomic mass is 16.2. The summed E-state index contributed by atoms with van der Waals surface area (Å²) in [6.45, 7) is 12.4. The summed E-state index contributed by atoms with van der Waals surface area (Å²) in [5, 5.41) is 3.12. The van der Waals surface area contributed by atoms with E-state index in [1.807, 2.05) is 6.07 Å². The van der Waals surface area contributed by atoms with Crippen LogP contribution < -0.4 is 10.2 Å². The first-order chi connectivity index (χ1) is 12.7. The molecule has 1 aromatic rings. The van der Waals surface area contributed by atoms with E-state index < -0.39 is 0 Å². The molecule has 1 spiro atoms. The Labute approximate surface area is 164 Å². The molecule has 1 aliphatic carbocycles.